The summed E-state index contributed by atoms with van der Waals surface area (Å²) >= 11 is 0. The normalized spacial score (nSPS) is 10.2. The standard InChI is InChI=1S/C26H20FN3O5/c1-28-26(32)34-21-12-13-23(22(27)15-21)35-24-14-9-18(16-29-24)30-25(31)17-7-10-20(11-8-17)33-19-5-3-2-4-6-19/h2-16H,1H3,(H,28,32)(H,30,31). The van der Waals surface area contributed by atoms with E-state index in [0.29, 0.717) is 22.7 Å². The molecule has 0 fully saturated rings. The van der Waals surface area contributed by atoms with Crippen molar-refractivity contribution >= 4 is 17.7 Å². The predicted octanol–water partition coefficient (Wildman–Crippen LogP) is 5.78. The second-order valence-corrected chi connectivity index (χ2v) is 7.11. The van der Waals surface area contributed by atoms with Crippen LogP contribution < -0.4 is 24.8 Å². The largest absolute Gasteiger partial charge is 0.457 e. The number of hydrogen-bond acceptors (Lipinski definition) is 6. The van der Waals surface area contributed by atoms with E-state index in [9.17, 15) is 14.0 Å². The zero-order valence-corrected chi connectivity index (χ0v) is 18.5. The number of nitrogens with one attached hydrogen (secondary N) is 2. The highest BCUT2D eigenvalue weighted by molar-refractivity contribution is 6.04. The smallest absolute Gasteiger partial charge is 0.412 e. The summed E-state index contributed by atoms with van der Waals surface area (Å²) < 4.78 is 30.3. The Morgan fingerprint density at radius 3 is 2.20 bits per heavy atom. The summed E-state index contributed by atoms with van der Waals surface area (Å²) in [6.45, 7) is 0. The fraction of sp³-hybridized carbons (Fsp3) is 0.0385. The molecule has 9 heteroatoms. The van der Waals surface area contributed by atoms with E-state index in [-0.39, 0.29) is 23.3 Å². The Bertz CT molecular complexity index is 1310. The first kappa shape index (κ1) is 23.2. The molecule has 35 heavy (non-hydrogen) atoms. The van der Waals surface area contributed by atoms with Crippen molar-refractivity contribution in [1.29, 1.82) is 0 Å². The van der Waals surface area contributed by atoms with Crippen molar-refractivity contribution < 1.29 is 28.2 Å². The Balaban J connectivity index is 1.34. The minimum Gasteiger partial charge on any atom is -0.457 e. The number of aromatic nitrogens is 1. The van der Waals surface area contributed by atoms with Gasteiger partial charge in [0, 0.05) is 24.7 Å². The fourth-order valence-electron chi connectivity index (χ4n) is 2.92. The molecular weight excluding hydrogens is 453 g/mol. The summed E-state index contributed by atoms with van der Waals surface area (Å²) in [6.07, 6.45) is 0.676. The van der Waals surface area contributed by atoms with Crippen molar-refractivity contribution in [2.24, 2.45) is 0 Å². The van der Waals surface area contributed by atoms with Crippen LogP contribution in [0.15, 0.2) is 91.1 Å². The first-order valence-corrected chi connectivity index (χ1v) is 10.5. The van der Waals surface area contributed by atoms with Crippen LogP contribution in [0.2, 0.25) is 0 Å². The van der Waals surface area contributed by atoms with Gasteiger partial charge in [-0.25, -0.2) is 14.2 Å². The molecule has 0 radical (unpaired) electrons. The van der Waals surface area contributed by atoms with E-state index >= 15 is 0 Å². The lowest BCUT2D eigenvalue weighted by molar-refractivity contribution is 0.102. The summed E-state index contributed by atoms with van der Waals surface area (Å²) in [6, 6.07) is 22.8. The molecule has 0 bridgehead atoms. The number of carbonyl (C=O) groups excluding carboxylic acids is 2. The predicted molar refractivity (Wildman–Crippen MR) is 127 cm³/mol. The van der Waals surface area contributed by atoms with Crippen molar-refractivity contribution in [2.45, 2.75) is 0 Å². The number of para-hydroxylation sites is 1. The van der Waals surface area contributed by atoms with Gasteiger partial charge >= 0.3 is 6.09 Å². The van der Waals surface area contributed by atoms with Crippen LogP contribution in [0.25, 0.3) is 0 Å². The minimum absolute atomic E-state index is 0.0277. The molecule has 2 amide bonds. The van der Waals surface area contributed by atoms with Gasteiger partial charge in [-0.1, -0.05) is 18.2 Å². The highest BCUT2D eigenvalue weighted by atomic mass is 19.1. The molecule has 176 valence electrons. The van der Waals surface area contributed by atoms with Crippen LogP contribution in [-0.2, 0) is 0 Å². The SMILES string of the molecule is CNC(=O)Oc1ccc(Oc2ccc(NC(=O)c3ccc(Oc4ccccc4)cc3)cn2)c(F)c1. The van der Waals surface area contributed by atoms with E-state index in [4.69, 9.17) is 14.2 Å². The lowest BCUT2D eigenvalue weighted by Crippen LogP contribution is -2.22. The summed E-state index contributed by atoms with van der Waals surface area (Å²) in [5, 5.41) is 5.00. The molecule has 0 atom stereocenters. The number of hydrogen-bond donors (Lipinski definition) is 2. The average molecular weight is 473 g/mol. The highest BCUT2D eigenvalue weighted by Gasteiger charge is 2.11. The third-order valence-electron chi connectivity index (χ3n) is 4.62. The number of ether oxygens (including phenoxy) is 3. The van der Waals surface area contributed by atoms with Gasteiger partial charge in [0.25, 0.3) is 5.91 Å². The Hall–Kier alpha value is -4.92. The lowest BCUT2D eigenvalue weighted by atomic mass is 10.2. The molecule has 0 unspecified atom stereocenters. The van der Waals surface area contributed by atoms with Crippen molar-refractivity contribution in [3.05, 3.63) is 103 Å². The maximum atomic E-state index is 14.2. The van der Waals surface area contributed by atoms with Gasteiger partial charge in [0.1, 0.15) is 17.2 Å². The summed E-state index contributed by atoms with van der Waals surface area (Å²) in [5.74, 6) is 0.290. The molecular formula is C26H20FN3O5. The van der Waals surface area contributed by atoms with E-state index in [1.807, 2.05) is 30.3 Å². The number of pyridine rings is 1. The topological polar surface area (TPSA) is 98.8 Å². The third kappa shape index (κ3) is 6.32. The van der Waals surface area contributed by atoms with E-state index in [1.165, 1.54) is 31.4 Å². The van der Waals surface area contributed by atoms with Crippen LogP contribution in [0.1, 0.15) is 10.4 Å². The van der Waals surface area contributed by atoms with Crippen LogP contribution in [0, 0.1) is 5.82 Å². The number of nitrogens with zero attached hydrogens (tertiary/aromatic N) is 1. The minimum atomic E-state index is -0.731. The van der Waals surface area contributed by atoms with E-state index < -0.39 is 11.9 Å². The molecule has 4 aromatic rings. The molecule has 0 aliphatic heterocycles. The van der Waals surface area contributed by atoms with Gasteiger partial charge < -0.3 is 24.8 Å². The molecule has 8 nitrogen and oxygen atoms in total. The van der Waals surface area contributed by atoms with Crippen molar-refractivity contribution in [3.8, 4) is 28.9 Å². The third-order valence-corrected chi connectivity index (χ3v) is 4.62. The molecule has 1 aromatic heterocycles. The number of halogens is 1. The number of anilines is 1. The van der Waals surface area contributed by atoms with Gasteiger partial charge in [-0.15, -0.1) is 0 Å². The zero-order valence-electron chi connectivity index (χ0n) is 18.5. The van der Waals surface area contributed by atoms with Crippen LogP contribution in [0.3, 0.4) is 0 Å². The Labute approximate surface area is 200 Å². The van der Waals surface area contributed by atoms with Crippen molar-refractivity contribution in [2.75, 3.05) is 12.4 Å². The number of rotatable bonds is 7. The molecule has 0 saturated carbocycles. The van der Waals surface area contributed by atoms with E-state index in [0.717, 1.165) is 6.07 Å². The summed E-state index contributed by atoms with van der Waals surface area (Å²) in [7, 11) is 1.39. The van der Waals surface area contributed by atoms with Crippen molar-refractivity contribution in [1.82, 2.24) is 10.3 Å². The molecule has 0 aliphatic carbocycles. The first-order chi connectivity index (χ1) is 17.0. The molecule has 3 aromatic carbocycles. The van der Waals surface area contributed by atoms with Crippen LogP contribution >= 0.6 is 0 Å². The average Bonchev–Trinajstić information content (AvgIpc) is 2.87. The van der Waals surface area contributed by atoms with Gasteiger partial charge in [0.2, 0.25) is 5.88 Å². The zero-order chi connectivity index (χ0) is 24.6. The van der Waals surface area contributed by atoms with Crippen LogP contribution in [-0.4, -0.2) is 24.0 Å². The van der Waals surface area contributed by atoms with Gasteiger partial charge in [-0.05, 0) is 54.6 Å². The van der Waals surface area contributed by atoms with E-state index in [1.54, 1.807) is 30.3 Å². The first-order valence-electron chi connectivity index (χ1n) is 10.5. The van der Waals surface area contributed by atoms with Crippen LogP contribution in [0.5, 0.6) is 28.9 Å². The fourth-order valence-corrected chi connectivity index (χ4v) is 2.92. The number of amides is 2. The highest BCUT2D eigenvalue weighted by Crippen LogP contribution is 2.27. The second-order valence-electron chi connectivity index (χ2n) is 7.11. The van der Waals surface area contributed by atoms with Crippen molar-refractivity contribution in [3.63, 3.8) is 0 Å². The van der Waals surface area contributed by atoms with Gasteiger partial charge in [-0.2, -0.15) is 0 Å². The monoisotopic (exact) mass is 473 g/mol. The molecule has 1 heterocycles. The molecule has 4 rings (SSSR count). The number of benzene rings is 3. The van der Waals surface area contributed by atoms with Gasteiger partial charge in [0.05, 0.1) is 11.9 Å². The molecule has 0 spiro atoms. The quantitative estimate of drug-likeness (QED) is 0.353. The Morgan fingerprint density at radius 1 is 0.829 bits per heavy atom. The van der Waals surface area contributed by atoms with Crippen LogP contribution in [0.4, 0.5) is 14.9 Å². The number of carbonyl (C=O) groups is 2. The van der Waals surface area contributed by atoms with Gasteiger partial charge in [0.15, 0.2) is 11.6 Å². The van der Waals surface area contributed by atoms with Gasteiger partial charge in [-0.3, -0.25) is 4.79 Å². The second kappa shape index (κ2) is 10.8. The lowest BCUT2D eigenvalue weighted by Gasteiger charge is -2.09. The Morgan fingerprint density at radius 2 is 1.54 bits per heavy atom. The maximum absolute atomic E-state index is 14.2. The summed E-state index contributed by atoms with van der Waals surface area (Å²) in [4.78, 5) is 27.8. The molecule has 0 saturated heterocycles. The summed E-state index contributed by atoms with van der Waals surface area (Å²) in [5.41, 5.74) is 0.869. The Kier molecular flexibility index (Phi) is 7.17. The van der Waals surface area contributed by atoms with E-state index in [2.05, 4.69) is 15.6 Å². The molecule has 2 N–H and O–H groups in total. The molecule has 0 aliphatic rings. The maximum Gasteiger partial charge on any atom is 0.412 e.